The van der Waals surface area contributed by atoms with Gasteiger partial charge < -0.3 is 4.74 Å². The number of fused-ring (bicyclic) bond motifs is 1. The van der Waals surface area contributed by atoms with Crippen molar-refractivity contribution in [2.75, 3.05) is 18.6 Å². The van der Waals surface area contributed by atoms with Crippen molar-refractivity contribution in [1.29, 1.82) is 0 Å². The summed E-state index contributed by atoms with van der Waals surface area (Å²) in [6.07, 6.45) is 1.95. The third-order valence-electron chi connectivity index (χ3n) is 3.76. The van der Waals surface area contributed by atoms with Gasteiger partial charge in [-0.2, -0.15) is 16.9 Å². The van der Waals surface area contributed by atoms with E-state index in [2.05, 4.69) is 5.10 Å². The van der Waals surface area contributed by atoms with Crippen molar-refractivity contribution < 1.29 is 9.53 Å². The SMILES string of the molecule is CSCCOC(=O)c1nn(Cc2ccccc2)c(=O)c2ccccc12. The second-order valence-electron chi connectivity index (χ2n) is 5.47. The maximum Gasteiger partial charge on any atom is 0.359 e. The van der Waals surface area contributed by atoms with Gasteiger partial charge >= 0.3 is 5.97 Å². The summed E-state index contributed by atoms with van der Waals surface area (Å²) in [6.45, 7) is 0.615. The van der Waals surface area contributed by atoms with Gasteiger partial charge in [-0.15, -0.1) is 0 Å². The molecular weight excluding hydrogens is 336 g/mol. The van der Waals surface area contributed by atoms with Gasteiger partial charge in [-0.1, -0.05) is 48.5 Å². The van der Waals surface area contributed by atoms with E-state index in [1.807, 2.05) is 36.6 Å². The highest BCUT2D eigenvalue weighted by Crippen LogP contribution is 2.15. The van der Waals surface area contributed by atoms with E-state index in [1.165, 1.54) is 4.68 Å². The Morgan fingerprint density at radius 2 is 1.76 bits per heavy atom. The molecule has 6 heteroatoms. The van der Waals surface area contributed by atoms with Crippen LogP contribution in [0.4, 0.5) is 0 Å². The summed E-state index contributed by atoms with van der Waals surface area (Å²) in [7, 11) is 0. The molecule has 0 atom stereocenters. The van der Waals surface area contributed by atoms with Gasteiger partial charge in [0.1, 0.15) is 6.61 Å². The van der Waals surface area contributed by atoms with E-state index in [-0.39, 0.29) is 11.3 Å². The summed E-state index contributed by atoms with van der Waals surface area (Å²) in [6, 6.07) is 16.5. The predicted molar refractivity (Wildman–Crippen MR) is 100 cm³/mol. The van der Waals surface area contributed by atoms with Crippen LogP contribution in [0.25, 0.3) is 10.8 Å². The van der Waals surface area contributed by atoms with Gasteiger partial charge in [0.2, 0.25) is 0 Å². The quantitative estimate of drug-likeness (QED) is 0.503. The Bertz CT molecular complexity index is 938. The molecule has 0 spiro atoms. The smallest absolute Gasteiger partial charge is 0.359 e. The number of hydrogen-bond acceptors (Lipinski definition) is 5. The predicted octanol–water partition coefficient (Wildman–Crippen LogP) is 2.96. The fourth-order valence-electron chi connectivity index (χ4n) is 2.54. The number of aromatic nitrogens is 2. The third kappa shape index (κ3) is 3.91. The molecule has 0 saturated heterocycles. The van der Waals surface area contributed by atoms with E-state index >= 15 is 0 Å². The molecule has 0 bridgehead atoms. The van der Waals surface area contributed by atoms with Crippen molar-refractivity contribution in [3.05, 3.63) is 76.2 Å². The molecule has 0 N–H and O–H groups in total. The van der Waals surface area contributed by atoms with Gasteiger partial charge in [0.05, 0.1) is 11.9 Å². The molecule has 0 aliphatic carbocycles. The van der Waals surface area contributed by atoms with Crippen molar-refractivity contribution in [3.8, 4) is 0 Å². The molecule has 25 heavy (non-hydrogen) atoms. The second kappa shape index (κ2) is 7.98. The molecular formula is C19H18N2O3S. The number of hydrogen-bond donors (Lipinski definition) is 0. The molecule has 0 aliphatic rings. The molecule has 5 nitrogen and oxygen atoms in total. The van der Waals surface area contributed by atoms with Crippen molar-refractivity contribution in [2.45, 2.75) is 6.54 Å². The first-order chi connectivity index (χ1) is 12.2. The van der Waals surface area contributed by atoms with Crippen molar-refractivity contribution in [2.24, 2.45) is 0 Å². The van der Waals surface area contributed by atoms with E-state index in [4.69, 9.17) is 4.74 Å². The molecule has 3 aromatic rings. The Balaban J connectivity index is 2.04. The molecule has 1 heterocycles. The van der Waals surface area contributed by atoms with E-state index in [0.717, 1.165) is 5.56 Å². The summed E-state index contributed by atoms with van der Waals surface area (Å²) in [5.41, 5.74) is 0.890. The van der Waals surface area contributed by atoms with E-state index in [0.29, 0.717) is 29.7 Å². The normalized spacial score (nSPS) is 10.8. The highest BCUT2D eigenvalue weighted by atomic mass is 32.2. The van der Waals surface area contributed by atoms with Crippen LogP contribution in [0.2, 0.25) is 0 Å². The number of benzene rings is 2. The van der Waals surface area contributed by atoms with Crippen LogP contribution in [-0.2, 0) is 11.3 Å². The third-order valence-corrected chi connectivity index (χ3v) is 4.33. The Morgan fingerprint density at radius 3 is 2.48 bits per heavy atom. The molecule has 3 rings (SSSR count). The Kier molecular flexibility index (Phi) is 5.50. The largest absolute Gasteiger partial charge is 0.460 e. The maximum atomic E-state index is 12.7. The first kappa shape index (κ1) is 17.2. The molecule has 128 valence electrons. The first-order valence-corrected chi connectivity index (χ1v) is 9.30. The van der Waals surface area contributed by atoms with Crippen LogP contribution in [0.5, 0.6) is 0 Å². The summed E-state index contributed by atoms with van der Waals surface area (Å²) in [5, 5.41) is 5.28. The lowest BCUT2D eigenvalue weighted by molar-refractivity contribution is 0.0523. The van der Waals surface area contributed by atoms with Gasteiger partial charge in [0, 0.05) is 11.1 Å². The van der Waals surface area contributed by atoms with E-state index < -0.39 is 5.97 Å². The summed E-state index contributed by atoms with van der Waals surface area (Å²) < 4.78 is 6.61. The van der Waals surface area contributed by atoms with Crippen LogP contribution < -0.4 is 5.56 Å². The van der Waals surface area contributed by atoms with Crippen molar-refractivity contribution >= 4 is 28.5 Å². The molecule has 0 radical (unpaired) electrons. The zero-order valence-electron chi connectivity index (χ0n) is 13.8. The molecule has 0 aliphatic heterocycles. The van der Waals surface area contributed by atoms with E-state index in [9.17, 15) is 9.59 Å². The zero-order valence-corrected chi connectivity index (χ0v) is 14.7. The maximum absolute atomic E-state index is 12.7. The first-order valence-electron chi connectivity index (χ1n) is 7.90. The van der Waals surface area contributed by atoms with Gasteiger partial charge in [0.25, 0.3) is 5.56 Å². The summed E-state index contributed by atoms with van der Waals surface area (Å²) >= 11 is 1.60. The Morgan fingerprint density at radius 1 is 1.08 bits per heavy atom. The fourth-order valence-corrected chi connectivity index (χ4v) is 2.79. The number of carbonyl (C=O) groups is 1. The van der Waals surface area contributed by atoms with Crippen LogP contribution >= 0.6 is 11.8 Å². The highest BCUT2D eigenvalue weighted by Gasteiger charge is 2.17. The van der Waals surface area contributed by atoms with Crippen molar-refractivity contribution in [1.82, 2.24) is 9.78 Å². The van der Waals surface area contributed by atoms with Crippen LogP contribution in [-0.4, -0.2) is 34.4 Å². The van der Waals surface area contributed by atoms with Gasteiger partial charge in [-0.3, -0.25) is 4.79 Å². The van der Waals surface area contributed by atoms with Crippen LogP contribution in [0, 0.1) is 0 Å². The van der Waals surface area contributed by atoms with Crippen LogP contribution in [0.15, 0.2) is 59.4 Å². The second-order valence-corrected chi connectivity index (χ2v) is 6.46. The summed E-state index contributed by atoms with van der Waals surface area (Å²) in [5.74, 6) is 0.208. The number of ether oxygens (including phenoxy) is 1. The minimum atomic E-state index is -0.507. The van der Waals surface area contributed by atoms with Crippen LogP contribution in [0.3, 0.4) is 0 Å². The molecule has 2 aromatic carbocycles. The minimum absolute atomic E-state index is 0.173. The molecule has 0 fully saturated rings. The average molecular weight is 354 g/mol. The topological polar surface area (TPSA) is 61.2 Å². The zero-order chi connectivity index (χ0) is 17.6. The lowest BCUT2D eigenvalue weighted by atomic mass is 10.1. The fraction of sp³-hybridized carbons (Fsp3) is 0.211. The number of rotatable bonds is 6. The average Bonchev–Trinajstić information content (AvgIpc) is 2.65. The Labute approximate surface area is 149 Å². The molecule has 0 saturated carbocycles. The summed E-state index contributed by atoms with van der Waals surface area (Å²) in [4.78, 5) is 25.2. The monoisotopic (exact) mass is 354 g/mol. The lowest BCUT2D eigenvalue weighted by Gasteiger charge is -2.11. The molecule has 1 aromatic heterocycles. The van der Waals surface area contributed by atoms with Gasteiger partial charge in [-0.05, 0) is 17.9 Å². The standard InChI is InChI=1S/C19H18N2O3S/c1-25-12-11-24-19(23)17-15-9-5-6-10-16(15)18(22)21(20-17)13-14-7-3-2-4-8-14/h2-10H,11-13H2,1H3. The number of thioether (sulfide) groups is 1. The van der Waals surface area contributed by atoms with Gasteiger partial charge in [0.15, 0.2) is 5.69 Å². The molecule has 0 amide bonds. The number of nitrogens with zero attached hydrogens (tertiary/aromatic N) is 2. The van der Waals surface area contributed by atoms with E-state index in [1.54, 1.807) is 36.0 Å². The van der Waals surface area contributed by atoms with Crippen LogP contribution in [0.1, 0.15) is 16.1 Å². The number of carbonyl (C=O) groups excluding carboxylic acids is 1. The van der Waals surface area contributed by atoms with Gasteiger partial charge in [-0.25, -0.2) is 9.48 Å². The number of esters is 1. The van der Waals surface area contributed by atoms with Crippen molar-refractivity contribution in [3.63, 3.8) is 0 Å². The minimum Gasteiger partial charge on any atom is -0.460 e. The highest BCUT2D eigenvalue weighted by molar-refractivity contribution is 7.98. The molecule has 0 unspecified atom stereocenters. The lowest BCUT2D eigenvalue weighted by Crippen LogP contribution is -2.27. The Hall–Kier alpha value is -2.60.